The van der Waals surface area contributed by atoms with Crippen molar-refractivity contribution in [2.45, 2.75) is 27.7 Å². The van der Waals surface area contributed by atoms with Gasteiger partial charge in [-0.2, -0.15) is 0 Å². The van der Waals surface area contributed by atoms with Crippen molar-refractivity contribution in [3.63, 3.8) is 0 Å². The fourth-order valence-electron chi connectivity index (χ4n) is 2.43. The molecular weight excluding hydrogens is 360 g/mol. The molecular formula is C21H26N2O5. The van der Waals surface area contributed by atoms with Crippen molar-refractivity contribution < 1.29 is 23.8 Å². The van der Waals surface area contributed by atoms with Gasteiger partial charge in [-0.15, -0.1) is 0 Å². The van der Waals surface area contributed by atoms with Crippen LogP contribution in [0.1, 0.15) is 35.3 Å². The summed E-state index contributed by atoms with van der Waals surface area (Å²) in [5, 5.41) is 0. The lowest BCUT2D eigenvalue weighted by Crippen LogP contribution is -2.43. The van der Waals surface area contributed by atoms with Gasteiger partial charge in [0.2, 0.25) is 0 Å². The predicted octanol–water partition coefficient (Wildman–Crippen LogP) is 2.94. The van der Waals surface area contributed by atoms with Gasteiger partial charge in [0.05, 0.1) is 13.2 Å². The number of amides is 2. The molecule has 2 aromatic rings. The van der Waals surface area contributed by atoms with Crippen LogP contribution in [0.5, 0.6) is 17.2 Å². The predicted molar refractivity (Wildman–Crippen MR) is 106 cm³/mol. The largest absolute Gasteiger partial charge is 0.490 e. The molecule has 2 amide bonds. The quantitative estimate of drug-likeness (QED) is 0.682. The van der Waals surface area contributed by atoms with Gasteiger partial charge >= 0.3 is 0 Å². The summed E-state index contributed by atoms with van der Waals surface area (Å²) in [6, 6.07) is 10.6. The molecule has 0 atom stereocenters. The van der Waals surface area contributed by atoms with Gasteiger partial charge in [0.15, 0.2) is 18.1 Å². The molecule has 150 valence electrons. The van der Waals surface area contributed by atoms with E-state index in [-0.39, 0.29) is 6.61 Å². The van der Waals surface area contributed by atoms with Gasteiger partial charge in [-0.3, -0.25) is 20.4 Å². The van der Waals surface area contributed by atoms with E-state index in [9.17, 15) is 9.59 Å². The number of nitrogens with one attached hydrogen (secondary N) is 2. The molecule has 0 fully saturated rings. The Labute approximate surface area is 165 Å². The number of benzene rings is 2. The second kappa shape index (κ2) is 10.2. The van der Waals surface area contributed by atoms with Crippen LogP contribution in [0, 0.1) is 13.8 Å². The number of hydrogen-bond acceptors (Lipinski definition) is 5. The Balaban J connectivity index is 1.91. The maximum Gasteiger partial charge on any atom is 0.276 e. The molecule has 0 aliphatic carbocycles. The van der Waals surface area contributed by atoms with Crippen molar-refractivity contribution in [1.29, 1.82) is 0 Å². The van der Waals surface area contributed by atoms with E-state index < -0.39 is 11.8 Å². The molecule has 0 spiro atoms. The number of hydrazine groups is 1. The van der Waals surface area contributed by atoms with Crippen molar-refractivity contribution in [3.05, 3.63) is 53.1 Å². The highest BCUT2D eigenvalue weighted by Gasteiger charge is 2.13. The third-order valence-electron chi connectivity index (χ3n) is 3.82. The van der Waals surface area contributed by atoms with Gasteiger partial charge in [0, 0.05) is 5.56 Å². The first-order chi connectivity index (χ1) is 13.4. The van der Waals surface area contributed by atoms with E-state index in [0.29, 0.717) is 36.0 Å². The monoisotopic (exact) mass is 386 g/mol. The maximum atomic E-state index is 12.3. The van der Waals surface area contributed by atoms with E-state index in [2.05, 4.69) is 10.9 Å². The molecule has 2 N–H and O–H groups in total. The van der Waals surface area contributed by atoms with Gasteiger partial charge in [0.25, 0.3) is 11.8 Å². The van der Waals surface area contributed by atoms with Crippen molar-refractivity contribution in [2.75, 3.05) is 19.8 Å². The molecule has 0 aromatic heterocycles. The van der Waals surface area contributed by atoms with Gasteiger partial charge in [-0.05, 0) is 63.1 Å². The Hall–Kier alpha value is -3.22. The number of ether oxygens (including phenoxy) is 3. The van der Waals surface area contributed by atoms with Crippen molar-refractivity contribution in [1.82, 2.24) is 10.9 Å². The lowest BCUT2D eigenvalue weighted by atomic mass is 10.1. The molecule has 7 nitrogen and oxygen atoms in total. The number of rotatable bonds is 8. The van der Waals surface area contributed by atoms with Crippen molar-refractivity contribution in [3.8, 4) is 17.2 Å². The average molecular weight is 386 g/mol. The number of carbonyl (C=O) groups is 2. The van der Waals surface area contributed by atoms with Crippen LogP contribution in [-0.4, -0.2) is 31.6 Å². The molecule has 0 unspecified atom stereocenters. The summed E-state index contributed by atoms with van der Waals surface area (Å²) in [5.74, 6) is 0.733. The zero-order valence-electron chi connectivity index (χ0n) is 16.6. The van der Waals surface area contributed by atoms with Gasteiger partial charge in [-0.25, -0.2) is 0 Å². The second-order valence-corrected chi connectivity index (χ2v) is 6.09. The molecule has 2 rings (SSSR count). The normalized spacial score (nSPS) is 10.1. The van der Waals surface area contributed by atoms with Crippen LogP contribution in [0.15, 0.2) is 36.4 Å². The Kier molecular flexibility index (Phi) is 7.68. The Morgan fingerprint density at radius 3 is 2.25 bits per heavy atom. The highest BCUT2D eigenvalue weighted by molar-refractivity contribution is 5.96. The third kappa shape index (κ3) is 5.90. The summed E-state index contributed by atoms with van der Waals surface area (Å²) in [7, 11) is 0. The van der Waals surface area contributed by atoms with Crippen LogP contribution in [0.3, 0.4) is 0 Å². The minimum absolute atomic E-state index is 0.210. The van der Waals surface area contributed by atoms with Crippen LogP contribution in [0.25, 0.3) is 0 Å². The fourth-order valence-corrected chi connectivity index (χ4v) is 2.43. The second-order valence-electron chi connectivity index (χ2n) is 6.09. The van der Waals surface area contributed by atoms with Gasteiger partial charge < -0.3 is 14.2 Å². The summed E-state index contributed by atoms with van der Waals surface area (Å²) >= 11 is 0. The third-order valence-corrected chi connectivity index (χ3v) is 3.82. The topological polar surface area (TPSA) is 85.9 Å². The lowest BCUT2D eigenvalue weighted by molar-refractivity contribution is -0.123. The SMILES string of the molecule is CCOc1ccc(C(=O)NNC(=O)COc2cc(C)ccc2C)cc1OCC. The van der Waals surface area contributed by atoms with Gasteiger partial charge in [-0.1, -0.05) is 12.1 Å². The Bertz CT molecular complexity index is 836. The summed E-state index contributed by atoms with van der Waals surface area (Å²) in [5.41, 5.74) is 7.01. The molecule has 7 heteroatoms. The average Bonchev–Trinajstić information content (AvgIpc) is 2.68. The maximum absolute atomic E-state index is 12.3. The van der Waals surface area contributed by atoms with E-state index in [0.717, 1.165) is 11.1 Å². The highest BCUT2D eigenvalue weighted by Crippen LogP contribution is 2.28. The summed E-state index contributed by atoms with van der Waals surface area (Å²) in [6.07, 6.45) is 0. The minimum atomic E-state index is -0.468. The molecule has 28 heavy (non-hydrogen) atoms. The summed E-state index contributed by atoms with van der Waals surface area (Å²) < 4.78 is 16.5. The molecule has 2 aromatic carbocycles. The van der Waals surface area contributed by atoms with E-state index in [1.165, 1.54) is 0 Å². The molecule has 0 heterocycles. The zero-order chi connectivity index (χ0) is 20.5. The van der Waals surface area contributed by atoms with Crippen molar-refractivity contribution in [2.24, 2.45) is 0 Å². The fraction of sp³-hybridized carbons (Fsp3) is 0.333. The number of carbonyl (C=O) groups excluding carboxylic acids is 2. The van der Waals surface area contributed by atoms with Crippen LogP contribution < -0.4 is 25.1 Å². The molecule has 0 aliphatic rings. The molecule has 0 radical (unpaired) electrons. The van der Waals surface area contributed by atoms with E-state index in [1.54, 1.807) is 18.2 Å². The number of hydrogen-bond donors (Lipinski definition) is 2. The van der Waals surface area contributed by atoms with Crippen LogP contribution >= 0.6 is 0 Å². The van der Waals surface area contributed by atoms with Crippen LogP contribution in [0.4, 0.5) is 0 Å². The van der Waals surface area contributed by atoms with E-state index in [4.69, 9.17) is 14.2 Å². The van der Waals surface area contributed by atoms with Crippen LogP contribution in [0.2, 0.25) is 0 Å². The molecule has 0 saturated carbocycles. The first-order valence-corrected chi connectivity index (χ1v) is 9.13. The van der Waals surface area contributed by atoms with E-state index in [1.807, 2.05) is 45.9 Å². The smallest absolute Gasteiger partial charge is 0.276 e. The first kappa shape index (κ1) is 21.1. The summed E-state index contributed by atoms with van der Waals surface area (Å²) in [6.45, 7) is 8.28. The molecule has 0 saturated heterocycles. The van der Waals surface area contributed by atoms with Crippen LogP contribution in [-0.2, 0) is 4.79 Å². The van der Waals surface area contributed by atoms with E-state index >= 15 is 0 Å². The molecule has 0 aliphatic heterocycles. The Morgan fingerprint density at radius 1 is 0.821 bits per heavy atom. The minimum Gasteiger partial charge on any atom is -0.490 e. The lowest BCUT2D eigenvalue weighted by Gasteiger charge is -2.13. The Morgan fingerprint density at radius 2 is 1.54 bits per heavy atom. The van der Waals surface area contributed by atoms with Crippen molar-refractivity contribution >= 4 is 11.8 Å². The number of aryl methyl sites for hydroxylation is 2. The summed E-state index contributed by atoms with van der Waals surface area (Å²) in [4.78, 5) is 24.2. The zero-order valence-corrected chi connectivity index (χ0v) is 16.6. The highest BCUT2D eigenvalue weighted by atomic mass is 16.5. The first-order valence-electron chi connectivity index (χ1n) is 9.13. The molecule has 0 bridgehead atoms. The van der Waals surface area contributed by atoms with Gasteiger partial charge in [0.1, 0.15) is 5.75 Å². The standard InChI is InChI=1S/C21H26N2O5/c1-5-26-17-10-9-16(12-19(17)27-6-2)21(25)23-22-20(24)13-28-18-11-14(3)7-8-15(18)4/h7-12H,5-6,13H2,1-4H3,(H,22,24)(H,23,25).